The minimum absolute atomic E-state index is 0.147. The summed E-state index contributed by atoms with van der Waals surface area (Å²) in [5.41, 5.74) is 6.44. The van der Waals surface area contributed by atoms with Gasteiger partial charge in [-0.3, -0.25) is 9.52 Å². The van der Waals surface area contributed by atoms with Crippen molar-refractivity contribution in [2.24, 2.45) is 5.73 Å². The van der Waals surface area contributed by atoms with Crippen LogP contribution in [0.5, 0.6) is 0 Å². The largest absolute Gasteiger partial charge is 0.480 e. The smallest absolute Gasteiger partial charge is 0.320 e. The number of carboxylic acids is 1. The fraction of sp³-hybridized carbons (Fsp3) is 0.300. The maximum absolute atomic E-state index is 11.0. The van der Waals surface area contributed by atoms with Crippen LogP contribution in [0, 0.1) is 0 Å². The van der Waals surface area contributed by atoms with Gasteiger partial charge in [-0.25, -0.2) is 8.42 Å². The summed E-state index contributed by atoms with van der Waals surface area (Å²) in [6, 6.07) is 5.47. The van der Waals surface area contributed by atoms with Crippen LogP contribution in [-0.2, 0) is 21.2 Å². The Labute approximate surface area is 99.5 Å². The van der Waals surface area contributed by atoms with Crippen molar-refractivity contribution < 1.29 is 18.3 Å². The molecule has 1 aromatic rings. The van der Waals surface area contributed by atoms with Crippen LogP contribution in [-0.4, -0.2) is 31.8 Å². The third-order valence-corrected chi connectivity index (χ3v) is 2.61. The minimum Gasteiger partial charge on any atom is -0.480 e. The Balaban J connectivity index is 2.83. The van der Waals surface area contributed by atoms with Gasteiger partial charge in [0.25, 0.3) is 0 Å². The number of carboxylic acid groups (broad SMARTS) is 1. The molecule has 0 aliphatic rings. The van der Waals surface area contributed by atoms with E-state index in [1.165, 1.54) is 0 Å². The van der Waals surface area contributed by atoms with Gasteiger partial charge < -0.3 is 10.8 Å². The molecule has 1 aromatic carbocycles. The molecule has 1 atom stereocenters. The van der Waals surface area contributed by atoms with Gasteiger partial charge in [-0.05, 0) is 24.1 Å². The molecule has 0 aliphatic carbocycles. The van der Waals surface area contributed by atoms with E-state index in [2.05, 4.69) is 4.72 Å². The van der Waals surface area contributed by atoms with Gasteiger partial charge in [0.15, 0.2) is 0 Å². The molecule has 7 heteroatoms. The topological polar surface area (TPSA) is 109 Å². The van der Waals surface area contributed by atoms with Crippen LogP contribution in [0.25, 0.3) is 0 Å². The molecular weight excluding hydrogens is 244 g/mol. The van der Waals surface area contributed by atoms with Crippen LogP contribution in [0.1, 0.15) is 5.56 Å². The Hall–Kier alpha value is -1.60. The Morgan fingerprint density at radius 1 is 1.53 bits per heavy atom. The second kappa shape index (κ2) is 5.15. The van der Waals surface area contributed by atoms with Gasteiger partial charge >= 0.3 is 5.97 Å². The summed E-state index contributed by atoms with van der Waals surface area (Å²) in [5.74, 6) is -1.09. The molecule has 4 N–H and O–H groups in total. The number of sulfonamides is 1. The molecule has 6 nitrogen and oxygen atoms in total. The van der Waals surface area contributed by atoms with Gasteiger partial charge in [0.05, 0.1) is 6.26 Å². The van der Waals surface area contributed by atoms with Crippen LogP contribution >= 0.6 is 0 Å². The lowest BCUT2D eigenvalue weighted by Crippen LogP contribution is -2.32. The average Bonchev–Trinajstić information content (AvgIpc) is 2.15. The highest BCUT2D eigenvalue weighted by molar-refractivity contribution is 7.92. The summed E-state index contributed by atoms with van der Waals surface area (Å²) in [6.07, 6.45) is 1.19. The highest BCUT2D eigenvalue weighted by Crippen LogP contribution is 2.13. The van der Waals surface area contributed by atoms with E-state index in [0.29, 0.717) is 11.3 Å². The normalized spacial score (nSPS) is 13.1. The number of anilines is 1. The quantitative estimate of drug-likeness (QED) is 0.689. The van der Waals surface area contributed by atoms with Crippen molar-refractivity contribution >= 4 is 21.7 Å². The molecule has 0 heterocycles. The third kappa shape index (κ3) is 4.83. The molecule has 1 rings (SSSR count). The summed E-state index contributed by atoms with van der Waals surface area (Å²) in [5, 5.41) is 8.66. The first-order valence-corrected chi connectivity index (χ1v) is 6.72. The lowest BCUT2D eigenvalue weighted by Gasteiger charge is -2.09. The lowest BCUT2D eigenvalue weighted by atomic mass is 10.1. The Kier molecular flexibility index (Phi) is 4.08. The molecule has 0 saturated carbocycles. The summed E-state index contributed by atoms with van der Waals surface area (Å²) in [4.78, 5) is 10.6. The second-order valence-corrected chi connectivity index (χ2v) is 5.47. The fourth-order valence-corrected chi connectivity index (χ4v) is 1.87. The van der Waals surface area contributed by atoms with Gasteiger partial charge in [0.2, 0.25) is 10.0 Å². The number of rotatable bonds is 5. The SMILES string of the molecule is CS(=O)(=O)Nc1cccc(C[C@H](N)C(=O)O)c1. The first-order valence-electron chi connectivity index (χ1n) is 4.83. The molecule has 0 aliphatic heterocycles. The molecule has 0 saturated heterocycles. The summed E-state index contributed by atoms with van der Waals surface area (Å²) >= 11 is 0. The monoisotopic (exact) mass is 258 g/mol. The number of nitrogens with two attached hydrogens (primary N) is 1. The van der Waals surface area contributed by atoms with E-state index in [-0.39, 0.29) is 6.42 Å². The van der Waals surface area contributed by atoms with Crippen LogP contribution < -0.4 is 10.5 Å². The molecular formula is C10H14N2O4S. The molecule has 0 fully saturated rings. The maximum Gasteiger partial charge on any atom is 0.320 e. The van der Waals surface area contributed by atoms with E-state index >= 15 is 0 Å². The number of hydrogen-bond donors (Lipinski definition) is 3. The highest BCUT2D eigenvalue weighted by Gasteiger charge is 2.12. The molecule has 0 amide bonds. The van der Waals surface area contributed by atoms with Crippen molar-refractivity contribution in [2.45, 2.75) is 12.5 Å². The van der Waals surface area contributed by atoms with Gasteiger partial charge in [0.1, 0.15) is 6.04 Å². The van der Waals surface area contributed by atoms with Crippen LogP contribution in [0.2, 0.25) is 0 Å². The first kappa shape index (κ1) is 13.5. The molecule has 17 heavy (non-hydrogen) atoms. The van der Waals surface area contributed by atoms with E-state index in [1.807, 2.05) is 0 Å². The molecule has 0 bridgehead atoms. The molecule has 0 spiro atoms. The molecule has 0 unspecified atom stereocenters. The Bertz CT molecular complexity index is 513. The van der Waals surface area contributed by atoms with E-state index in [9.17, 15) is 13.2 Å². The van der Waals surface area contributed by atoms with Crippen molar-refractivity contribution in [1.29, 1.82) is 0 Å². The maximum atomic E-state index is 11.0. The predicted octanol–water partition coefficient (Wildman–Crippen LogP) is 0.0125. The standard InChI is InChI=1S/C10H14N2O4S/c1-17(15,16)12-8-4-2-3-7(5-8)6-9(11)10(13)14/h2-5,9,12H,6,11H2,1H3,(H,13,14)/t9-/m0/s1. The number of hydrogen-bond acceptors (Lipinski definition) is 4. The van der Waals surface area contributed by atoms with Gasteiger partial charge in [-0.1, -0.05) is 12.1 Å². The van der Waals surface area contributed by atoms with Crippen molar-refractivity contribution in [3.05, 3.63) is 29.8 Å². The Morgan fingerprint density at radius 3 is 2.71 bits per heavy atom. The number of aliphatic carboxylic acids is 1. The van der Waals surface area contributed by atoms with E-state index in [1.54, 1.807) is 24.3 Å². The summed E-state index contributed by atoms with van der Waals surface area (Å²) in [6.45, 7) is 0. The summed E-state index contributed by atoms with van der Waals surface area (Å²) < 4.78 is 24.3. The lowest BCUT2D eigenvalue weighted by molar-refractivity contribution is -0.138. The zero-order valence-electron chi connectivity index (χ0n) is 9.25. The average molecular weight is 258 g/mol. The molecule has 94 valence electrons. The number of carbonyl (C=O) groups is 1. The van der Waals surface area contributed by atoms with E-state index < -0.39 is 22.0 Å². The van der Waals surface area contributed by atoms with E-state index in [0.717, 1.165) is 6.26 Å². The van der Waals surface area contributed by atoms with Gasteiger partial charge in [-0.2, -0.15) is 0 Å². The fourth-order valence-electron chi connectivity index (χ4n) is 1.32. The van der Waals surface area contributed by atoms with Gasteiger partial charge in [-0.15, -0.1) is 0 Å². The third-order valence-electron chi connectivity index (χ3n) is 2.00. The van der Waals surface area contributed by atoms with Crippen LogP contribution in [0.15, 0.2) is 24.3 Å². The van der Waals surface area contributed by atoms with Crippen molar-refractivity contribution in [1.82, 2.24) is 0 Å². The van der Waals surface area contributed by atoms with Crippen molar-refractivity contribution in [2.75, 3.05) is 11.0 Å². The predicted molar refractivity (Wildman–Crippen MR) is 64.2 cm³/mol. The molecule has 0 aromatic heterocycles. The van der Waals surface area contributed by atoms with E-state index in [4.69, 9.17) is 10.8 Å². The highest BCUT2D eigenvalue weighted by atomic mass is 32.2. The van der Waals surface area contributed by atoms with Gasteiger partial charge in [0, 0.05) is 5.69 Å². The first-order chi connectivity index (χ1) is 7.78. The molecule has 0 radical (unpaired) electrons. The van der Waals surface area contributed by atoms with Crippen LogP contribution in [0.3, 0.4) is 0 Å². The number of benzene rings is 1. The zero-order valence-corrected chi connectivity index (χ0v) is 10.1. The second-order valence-electron chi connectivity index (χ2n) is 3.72. The zero-order chi connectivity index (χ0) is 13.1. The van der Waals surface area contributed by atoms with Crippen molar-refractivity contribution in [3.8, 4) is 0 Å². The summed E-state index contributed by atoms with van der Waals surface area (Å²) in [7, 11) is -3.34. The van der Waals surface area contributed by atoms with Crippen LogP contribution in [0.4, 0.5) is 5.69 Å². The number of nitrogens with one attached hydrogen (secondary N) is 1. The Morgan fingerprint density at radius 2 is 2.18 bits per heavy atom. The van der Waals surface area contributed by atoms with Crippen molar-refractivity contribution in [3.63, 3.8) is 0 Å². The minimum atomic E-state index is -3.34.